The van der Waals surface area contributed by atoms with Crippen LogP contribution in [0.25, 0.3) is 16.3 Å². The maximum atomic E-state index is 13.3. The number of hydrogen-bond acceptors (Lipinski definition) is 7. The molecule has 0 N–H and O–H groups in total. The number of carbonyl (C=O) groups excluding carboxylic acids is 1. The molecule has 4 aromatic rings. The number of ether oxygens (including phenoxy) is 3. The Labute approximate surface area is 213 Å². The highest BCUT2D eigenvalue weighted by Crippen LogP contribution is 2.34. The highest BCUT2D eigenvalue weighted by molar-refractivity contribution is 7.22. The molecule has 1 aliphatic rings. The molecule has 5 rings (SSSR count). The second kappa shape index (κ2) is 11.2. The maximum Gasteiger partial charge on any atom is 0.252 e. The van der Waals surface area contributed by atoms with Crippen LogP contribution in [0.5, 0.6) is 17.2 Å². The van der Waals surface area contributed by atoms with Crippen molar-refractivity contribution in [3.05, 3.63) is 66.8 Å². The van der Waals surface area contributed by atoms with Crippen molar-refractivity contribution in [3.8, 4) is 17.2 Å². The van der Waals surface area contributed by atoms with E-state index < -0.39 is 0 Å². The Morgan fingerprint density at radius 2 is 2.11 bits per heavy atom. The van der Waals surface area contributed by atoms with Crippen molar-refractivity contribution < 1.29 is 19.0 Å². The van der Waals surface area contributed by atoms with Crippen LogP contribution in [0.1, 0.15) is 18.9 Å². The van der Waals surface area contributed by atoms with Gasteiger partial charge in [-0.25, -0.2) is 9.97 Å². The topological polar surface area (TPSA) is 78.7 Å². The molecule has 1 aliphatic heterocycles. The molecular formula is C25H25ClN4O4S. The van der Waals surface area contributed by atoms with Gasteiger partial charge in [-0.2, -0.15) is 0 Å². The summed E-state index contributed by atoms with van der Waals surface area (Å²) in [5, 5.41) is 0.662. The van der Waals surface area contributed by atoms with Gasteiger partial charge in [0.2, 0.25) is 6.79 Å². The average Bonchev–Trinajstić information content (AvgIpc) is 3.60. The van der Waals surface area contributed by atoms with Crippen LogP contribution < -0.4 is 19.1 Å². The van der Waals surface area contributed by atoms with Crippen molar-refractivity contribution in [2.24, 2.45) is 0 Å². The molecule has 10 heteroatoms. The minimum atomic E-state index is -0.132. The van der Waals surface area contributed by atoms with Gasteiger partial charge in [0.1, 0.15) is 5.75 Å². The third kappa shape index (κ3) is 5.75. The summed E-state index contributed by atoms with van der Waals surface area (Å²) in [6.45, 7) is 4.06. The lowest BCUT2D eigenvalue weighted by Gasteiger charge is -2.18. The Balaban J connectivity index is 0.00000289. The number of fused-ring (bicyclic) bond motifs is 2. The van der Waals surface area contributed by atoms with Gasteiger partial charge in [0.25, 0.3) is 5.91 Å². The highest BCUT2D eigenvalue weighted by Gasteiger charge is 2.19. The maximum absolute atomic E-state index is 13.3. The molecule has 2 aromatic heterocycles. The first kappa shape index (κ1) is 24.6. The van der Waals surface area contributed by atoms with Gasteiger partial charge in [-0.1, -0.05) is 17.4 Å². The lowest BCUT2D eigenvalue weighted by atomic mass is 10.2. The Bertz CT molecular complexity index is 1320. The molecule has 3 heterocycles. The Morgan fingerprint density at radius 3 is 2.94 bits per heavy atom. The normalized spacial score (nSPS) is 12.1. The number of carbonyl (C=O) groups is 1. The van der Waals surface area contributed by atoms with E-state index in [-0.39, 0.29) is 25.1 Å². The van der Waals surface area contributed by atoms with Crippen molar-refractivity contribution >= 4 is 51.1 Å². The van der Waals surface area contributed by atoms with E-state index in [0.29, 0.717) is 29.8 Å². The van der Waals surface area contributed by atoms with Crippen LogP contribution in [0.15, 0.2) is 61.2 Å². The molecule has 0 fully saturated rings. The summed E-state index contributed by atoms with van der Waals surface area (Å²) in [6, 6.07) is 11.4. The molecule has 0 bridgehead atoms. The van der Waals surface area contributed by atoms with Gasteiger partial charge >= 0.3 is 0 Å². The van der Waals surface area contributed by atoms with E-state index in [0.717, 1.165) is 34.5 Å². The van der Waals surface area contributed by atoms with Crippen LogP contribution in [0.2, 0.25) is 0 Å². The minimum Gasteiger partial charge on any atom is -0.494 e. The van der Waals surface area contributed by atoms with Crippen LogP contribution >= 0.6 is 23.7 Å². The average molecular weight is 513 g/mol. The van der Waals surface area contributed by atoms with E-state index in [1.165, 1.54) is 11.3 Å². The molecule has 0 saturated heterocycles. The SMILES string of the molecule is CCOc1ccc2nc(N(CCCn3ccnc3)C(=O)/C=C/c3ccc4c(c3)OCO4)sc2c1.Cl. The largest absolute Gasteiger partial charge is 0.494 e. The fourth-order valence-corrected chi connectivity index (χ4v) is 4.69. The quantitative estimate of drug-likeness (QED) is 0.288. The summed E-state index contributed by atoms with van der Waals surface area (Å²) in [6.07, 6.45) is 9.57. The van der Waals surface area contributed by atoms with E-state index in [1.54, 1.807) is 29.6 Å². The van der Waals surface area contributed by atoms with Gasteiger partial charge in [0.05, 0.1) is 23.2 Å². The van der Waals surface area contributed by atoms with Crippen molar-refractivity contribution in [1.29, 1.82) is 0 Å². The molecule has 0 spiro atoms. The van der Waals surface area contributed by atoms with Gasteiger partial charge in [0.15, 0.2) is 16.6 Å². The van der Waals surface area contributed by atoms with E-state index >= 15 is 0 Å². The fraction of sp³-hybridized carbons (Fsp3) is 0.240. The Morgan fingerprint density at radius 1 is 1.23 bits per heavy atom. The number of aromatic nitrogens is 3. The van der Waals surface area contributed by atoms with E-state index in [1.807, 2.05) is 54.1 Å². The first-order valence-electron chi connectivity index (χ1n) is 11.1. The molecule has 0 atom stereocenters. The second-order valence-electron chi connectivity index (χ2n) is 7.65. The third-order valence-electron chi connectivity index (χ3n) is 5.33. The number of amides is 1. The summed E-state index contributed by atoms with van der Waals surface area (Å²) >= 11 is 1.48. The van der Waals surface area contributed by atoms with Gasteiger partial charge in [-0.05, 0) is 55.3 Å². The Kier molecular flexibility index (Phi) is 7.89. The number of thiazole rings is 1. The zero-order chi connectivity index (χ0) is 23.3. The summed E-state index contributed by atoms with van der Waals surface area (Å²) in [5.74, 6) is 2.06. The molecule has 35 heavy (non-hydrogen) atoms. The van der Waals surface area contributed by atoms with E-state index in [2.05, 4.69) is 4.98 Å². The molecule has 2 aromatic carbocycles. The zero-order valence-corrected chi connectivity index (χ0v) is 20.8. The summed E-state index contributed by atoms with van der Waals surface area (Å²) in [4.78, 5) is 23.8. The second-order valence-corrected chi connectivity index (χ2v) is 8.66. The van der Waals surface area contributed by atoms with Crippen LogP contribution in [0.4, 0.5) is 5.13 Å². The lowest BCUT2D eigenvalue weighted by Crippen LogP contribution is -2.30. The first-order valence-corrected chi connectivity index (χ1v) is 11.9. The molecule has 0 radical (unpaired) electrons. The van der Waals surface area contributed by atoms with Crippen molar-refractivity contribution in [2.75, 3.05) is 24.8 Å². The van der Waals surface area contributed by atoms with Gasteiger partial charge in [-0.3, -0.25) is 9.69 Å². The highest BCUT2D eigenvalue weighted by atomic mass is 35.5. The molecule has 1 amide bonds. The summed E-state index contributed by atoms with van der Waals surface area (Å²) in [7, 11) is 0. The molecule has 8 nitrogen and oxygen atoms in total. The summed E-state index contributed by atoms with van der Waals surface area (Å²) < 4.78 is 19.4. The number of imidazole rings is 1. The lowest BCUT2D eigenvalue weighted by molar-refractivity contribution is -0.114. The number of benzene rings is 2. The minimum absolute atomic E-state index is 0. The first-order chi connectivity index (χ1) is 16.7. The van der Waals surface area contributed by atoms with Gasteiger partial charge in [0, 0.05) is 31.6 Å². The molecule has 0 saturated carbocycles. The number of anilines is 1. The van der Waals surface area contributed by atoms with Gasteiger partial charge < -0.3 is 18.8 Å². The number of hydrogen-bond donors (Lipinski definition) is 0. The standard InChI is InChI=1S/C25H24N4O4S.ClH/c1-2-31-19-6-7-20-23(15-19)34-25(27-20)29(12-3-11-28-13-10-26-16-28)24(30)9-5-18-4-8-21-22(14-18)33-17-32-21;/h4-10,13-16H,2-3,11-12,17H2,1H3;1H/b9-5+;. The zero-order valence-electron chi connectivity index (χ0n) is 19.1. The number of nitrogens with zero attached hydrogens (tertiary/aromatic N) is 4. The number of halogens is 1. The number of aryl methyl sites for hydroxylation is 1. The molecule has 0 aliphatic carbocycles. The summed E-state index contributed by atoms with van der Waals surface area (Å²) in [5.41, 5.74) is 1.71. The van der Waals surface area contributed by atoms with Crippen molar-refractivity contribution in [3.63, 3.8) is 0 Å². The van der Waals surface area contributed by atoms with Crippen molar-refractivity contribution in [2.45, 2.75) is 19.9 Å². The fourth-order valence-electron chi connectivity index (χ4n) is 3.67. The Hall–Kier alpha value is -3.56. The molecule has 182 valence electrons. The predicted octanol–water partition coefficient (Wildman–Crippen LogP) is 5.18. The van der Waals surface area contributed by atoms with E-state index in [9.17, 15) is 4.79 Å². The number of rotatable bonds is 9. The smallest absolute Gasteiger partial charge is 0.252 e. The van der Waals surface area contributed by atoms with Crippen LogP contribution in [-0.4, -0.2) is 40.4 Å². The van der Waals surface area contributed by atoms with Crippen LogP contribution in [-0.2, 0) is 11.3 Å². The van der Waals surface area contributed by atoms with Gasteiger partial charge in [-0.15, -0.1) is 12.4 Å². The predicted molar refractivity (Wildman–Crippen MR) is 139 cm³/mol. The van der Waals surface area contributed by atoms with E-state index in [4.69, 9.17) is 19.2 Å². The van der Waals surface area contributed by atoms with Crippen LogP contribution in [0, 0.1) is 0 Å². The molecule has 0 unspecified atom stereocenters. The monoisotopic (exact) mass is 512 g/mol. The van der Waals surface area contributed by atoms with Crippen LogP contribution in [0.3, 0.4) is 0 Å². The third-order valence-corrected chi connectivity index (χ3v) is 6.37. The van der Waals surface area contributed by atoms with Crippen molar-refractivity contribution in [1.82, 2.24) is 14.5 Å². The molecular weight excluding hydrogens is 488 g/mol.